The standard InChI is InChI=1S/C17H16N4/c1-17(2)13-14(17)16(12-6-4-8-19-10-12)21-20-15(13)11-5-3-7-18-9-11/h3-10,13-14H,1-2H3/t13-,14+. The van der Waals surface area contributed by atoms with Gasteiger partial charge in [0.1, 0.15) is 0 Å². The van der Waals surface area contributed by atoms with Crippen LogP contribution in [0.5, 0.6) is 0 Å². The van der Waals surface area contributed by atoms with Crippen LogP contribution in [0.25, 0.3) is 0 Å². The summed E-state index contributed by atoms with van der Waals surface area (Å²) in [5, 5.41) is 9.03. The third-order valence-electron chi connectivity index (χ3n) is 4.60. The molecule has 0 N–H and O–H groups in total. The van der Waals surface area contributed by atoms with Gasteiger partial charge in [-0.05, 0) is 29.7 Å². The van der Waals surface area contributed by atoms with Crippen molar-refractivity contribution in [2.45, 2.75) is 13.8 Å². The molecule has 0 amide bonds. The molecule has 1 saturated carbocycles. The van der Waals surface area contributed by atoms with Crippen molar-refractivity contribution in [2.75, 3.05) is 0 Å². The Bertz CT molecular complexity index is 668. The van der Waals surface area contributed by atoms with Crippen LogP contribution in [0.4, 0.5) is 0 Å². The first-order valence-electron chi connectivity index (χ1n) is 7.16. The molecule has 2 aromatic heterocycles. The van der Waals surface area contributed by atoms with Crippen LogP contribution in [0.15, 0.2) is 59.3 Å². The Kier molecular flexibility index (Phi) is 2.55. The first-order chi connectivity index (χ1) is 10.2. The summed E-state index contributed by atoms with van der Waals surface area (Å²) in [5.74, 6) is 0.823. The van der Waals surface area contributed by atoms with Crippen molar-refractivity contribution in [3.05, 3.63) is 60.2 Å². The summed E-state index contributed by atoms with van der Waals surface area (Å²) in [7, 11) is 0. The van der Waals surface area contributed by atoms with Crippen LogP contribution in [0, 0.1) is 17.3 Å². The molecule has 4 nitrogen and oxygen atoms in total. The zero-order valence-electron chi connectivity index (χ0n) is 12.1. The molecule has 2 atom stereocenters. The highest BCUT2D eigenvalue weighted by Gasteiger charge is 2.64. The Labute approximate surface area is 123 Å². The van der Waals surface area contributed by atoms with E-state index in [-0.39, 0.29) is 5.41 Å². The predicted molar refractivity (Wildman–Crippen MR) is 82.3 cm³/mol. The number of hydrogen-bond donors (Lipinski definition) is 0. The molecule has 21 heavy (non-hydrogen) atoms. The van der Waals surface area contributed by atoms with E-state index in [9.17, 15) is 0 Å². The summed E-state index contributed by atoms with van der Waals surface area (Å²) < 4.78 is 0. The van der Waals surface area contributed by atoms with E-state index in [4.69, 9.17) is 0 Å². The minimum Gasteiger partial charge on any atom is -0.264 e. The van der Waals surface area contributed by atoms with E-state index in [1.54, 1.807) is 12.4 Å². The molecule has 1 fully saturated rings. The number of rotatable bonds is 2. The van der Waals surface area contributed by atoms with Gasteiger partial charge in [0.15, 0.2) is 0 Å². The summed E-state index contributed by atoms with van der Waals surface area (Å²) in [4.78, 5) is 8.40. The van der Waals surface area contributed by atoms with E-state index in [0.717, 1.165) is 22.6 Å². The number of pyridine rings is 2. The van der Waals surface area contributed by atoms with Crippen molar-refractivity contribution in [3.63, 3.8) is 0 Å². The van der Waals surface area contributed by atoms with E-state index in [0.29, 0.717) is 11.8 Å². The monoisotopic (exact) mass is 276 g/mol. The fraction of sp³-hybridized carbons (Fsp3) is 0.294. The van der Waals surface area contributed by atoms with Gasteiger partial charge in [-0.15, -0.1) is 0 Å². The van der Waals surface area contributed by atoms with Gasteiger partial charge in [-0.1, -0.05) is 13.8 Å². The topological polar surface area (TPSA) is 50.5 Å². The highest BCUT2D eigenvalue weighted by Crippen LogP contribution is 2.62. The summed E-state index contributed by atoms with van der Waals surface area (Å²) >= 11 is 0. The van der Waals surface area contributed by atoms with Gasteiger partial charge in [0, 0.05) is 47.8 Å². The number of aromatic nitrogens is 2. The van der Waals surface area contributed by atoms with E-state index in [2.05, 4.69) is 46.2 Å². The molecule has 3 heterocycles. The predicted octanol–water partition coefficient (Wildman–Crippen LogP) is 2.96. The fourth-order valence-electron chi connectivity index (χ4n) is 3.39. The Morgan fingerprint density at radius 2 is 1.29 bits per heavy atom. The van der Waals surface area contributed by atoms with Crippen molar-refractivity contribution in [1.29, 1.82) is 0 Å². The van der Waals surface area contributed by atoms with Gasteiger partial charge in [0.2, 0.25) is 0 Å². The lowest BCUT2D eigenvalue weighted by molar-refractivity contribution is 0.603. The smallest absolute Gasteiger partial charge is 0.0761 e. The first-order valence-corrected chi connectivity index (χ1v) is 7.16. The molecule has 0 unspecified atom stereocenters. The summed E-state index contributed by atoms with van der Waals surface area (Å²) in [6.07, 6.45) is 7.31. The Hall–Kier alpha value is -2.36. The molecule has 1 aliphatic carbocycles. The zero-order chi connectivity index (χ0) is 14.4. The normalized spacial score (nSPS) is 25.6. The highest BCUT2D eigenvalue weighted by molar-refractivity contribution is 6.15. The molecule has 0 spiro atoms. The second-order valence-electron chi connectivity index (χ2n) is 6.23. The molecule has 4 heteroatoms. The van der Waals surface area contributed by atoms with Gasteiger partial charge in [-0.25, -0.2) is 0 Å². The molecule has 0 bridgehead atoms. The molecular formula is C17H16N4. The van der Waals surface area contributed by atoms with Crippen molar-refractivity contribution < 1.29 is 0 Å². The zero-order valence-corrected chi connectivity index (χ0v) is 12.1. The maximum atomic E-state index is 4.51. The van der Waals surface area contributed by atoms with Crippen LogP contribution in [-0.2, 0) is 0 Å². The molecule has 0 saturated heterocycles. The average Bonchev–Trinajstić information content (AvgIpc) is 3.12. The van der Waals surface area contributed by atoms with E-state index in [1.165, 1.54) is 0 Å². The van der Waals surface area contributed by atoms with E-state index >= 15 is 0 Å². The van der Waals surface area contributed by atoms with Crippen LogP contribution in [0.2, 0.25) is 0 Å². The third-order valence-corrected chi connectivity index (χ3v) is 4.60. The molecule has 0 aromatic carbocycles. The summed E-state index contributed by atoms with van der Waals surface area (Å²) in [6.45, 7) is 4.57. The quantitative estimate of drug-likeness (QED) is 0.846. The van der Waals surface area contributed by atoms with Gasteiger partial charge in [-0.3, -0.25) is 9.97 Å². The molecular weight excluding hydrogens is 260 g/mol. The lowest BCUT2D eigenvalue weighted by Gasteiger charge is -2.11. The Morgan fingerprint density at radius 1 is 0.810 bits per heavy atom. The van der Waals surface area contributed by atoms with Gasteiger partial charge in [-0.2, -0.15) is 10.2 Å². The summed E-state index contributed by atoms with van der Waals surface area (Å²) in [6, 6.07) is 8.01. The second kappa shape index (κ2) is 4.32. The van der Waals surface area contributed by atoms with Crippen LogP contribution < -0.4 is 0 Å². The number of hydrogen-bond acceptors (Lipinski definition) is 4. The number of fused-ring (bicyclic) bond motifs is 1. The Balaban J connectivity index is 1.80. The molecule has 2 aromatic rings. The second-order valence-corrected chi connectivity index (χ2v) is 6.23. The lowest BCUT2D eigenvalue weighted by Crippen LogP contribution is -2.15. The SMILES string of the molecule is CC1(C)[C@@H]2C(c3cccnc3)=NN=C(c3cccnc3)[C@@H]21. The van der Waals surface area contributed by atoms with Crippen molar-refractivity contribution in [2.24, 2.45) is 27.5 Å². The van der Waals surface area contributed by atoms with Crippen LogP contribution >= 0.6 is 0 Å². The highest BCUT2D eigenvalue weighted by atomic mass is 15.2. The van der Waals surface area contributed by atoms with Crippen LogP contribution in [0.1, 0.15) is 25.0 Å². The van der Waals surface area contributed by atoms with Crippen molar-refractivity contribution in [3.8, 4) is 0 Å². The minimum atomic E-state index is 0.180. The fourth-order valence-corrected chi connectivity index (χ4v) is 3.39. The van der Waals surface area contributed by atoms with E-state index in [1.807, 2.05) is 24.5 Å². The molecule has 4 rings (SSSR count). The molecule has 1 aliphatic heterocycles. The van der Waals surface area contributed by atoms with Gasteiger partial charge in [0.25, 0.3) is 0 Å². The van der Waals surface area contributed by atoms with E-state index < -0.39 is 0 Å². The van der Waals surface area contributed by atoms with Crippen LogP contribution in [0.3, 0.4) is 0 Å². The average molecular weight is 276 g/mol. The molecule has 104 valence electrons. The Morgan fingerprint density at radius 3 is 1.67 bits per heavy atom. The third kappa shape index (κ3) is 1.82. The largest absolute Gasteiger partial charge is 0.264 e. The van der Waals surface area contributed by atoms with Gasteiger partial charge >= 0.3 is 0 Å². The maximum absolute atomic E-state index is 4.51. The van der Waals surface area contributed by atoms with Crippen LogP contribution in [-0.4, -0.2) is 21.4 Å². The maximum Gasteiger partial charge on any atom is 0.0761 e. The molecule has 0 radical (unpaired) electrons. The molecule has 2 aliphatic rings. The van der Waals surface area contributed by atoms with Crippen molar-refractivity contribution in [1.82, 2.24) is 9.97 Å². The lowest BCUT2D eigenvalue weighted by atomic mass is 10.0. The first kappa shape index (κ1) is 12.4. The van der Waals surface area contributed by atoms with Gasteiger partial charge in [0.05, 0.1) is 11.4 Å². The van der Waals surface area contributed by atoms with Crippen molar-refractivity contribution >= 4 is 11.4 Å². The van der Waals surface area contributed by atoms with Gasteiger partial charge < -0.3 is 0 Å². The minimum absolute atomic E-state index is 0.180. The summed E-state index contributed by atoms with van der Waals surface area (Å²) in [5.41, 5.74) is 4.45. The number of nitrogens with zero attached hydrogens (tertiary/aromatic N) is 4.